The molecular formula is C20H20ClN5O2S. The normalized spacial score (nSPS) is 15.0. The third-order valence-electron chi connectivity index (χ3n) is 4.43. The predicted octanol–water partition coefficient (Wildman–Crippen LogP) is 3.55. The lowest BCUT2D eigenvalue weighted by atomic mass is 10.2. The first-order chi connectivity index (χ1) is 14.2. The molecule has 1 atom stereocenters. The molecule has 9 heteroatoms. The summed E-state index contributed by atoms with van der Waals surface area (Å²) in [5, 5.41) is 9.47. The fourth-order valence-electron chi connectivity index (χ4n) is 2.93. The van der Waals surface area contributed by atoms with Crippen molar-refractivity contribution in [3.05, 3.63) is 64.2 Å². The third kappa shape index (κ3) is 5.03. The molecule has 2 amide bonds. The highest BCUT2D eigenvalue weighted by molar-refractivity contribution is 7.10. The Morgan fingerprint density at radius 3 is 2.76 bits per heavy atom. The van der Waals surface area contributed by atoms with E-state index in [1.54, 1.807) is 29.4 Å². The van der Waals surface area contributed by atoms with Gasteiger partial charge in [0, 0.05) is 48.3 Å². The van der Waals surface area contributed by atoms with Gasteiger partial charge in [-0.1, -0.05) is 23.7 Å². The number of rotatable bonds is 5. The summed E-state index contributed by atoms with van der Waals surface area (Å²) in [7, 11) is 0. The van der Waals surface area contributed by atoms with E-state index in [0.29, 0.717) is 28.9 Å². The topological polar surface area (TPSA) is 79.4 Å². The monoisotopic (exact) mass is 429 g/mol. The molecule has 1 unspecified atom stereocenters. The van der Waals surface area contributed by atoms with Crippen molar-refractivity contribution < 1.29 is 9.53 Å². The Balaban J connectivity index is 1.56. The molecule has 0 bridgehead atoms. The molecule has 4 rings (SSSR count). The van der Waals surface area contributed by atoms with Crippen molar-refractivity contribution in [1.82, 2.24) is 25.5 Å². The average Bonchev–Trinajstić information content (AvgIpc) is 3.25. The van der Waals surface area contributed by atoms with Gasteiger partial charge in [0.2, 0.25) is 6.23 Å². The first kappa shape index (κ1) is 19.6. The van der Waals surface area contributed by atoms with E-state index in [0.717, 1.165) is 24.3 Å². The molecule has 1 fully saturated rings. The molecule has 0 aliphatic carbocycles. The van der Waals surface area contributed by atoms with Gasteiger partial charge in [0.1, 0.15) is 5.75 Å². The Labute approximate surface area is 177 Å². The maximum Gasteiger partial charge on any atom is 0.320 e. The van der Waals surface area contributed by atoms with E-state index in [4.69, 9.17) is 16.3 Å². The lowest BCUT2D eigenvalue weighted by molar-refractivity contribution is 0.139. The van der Waals surface area contributed by atoms with E-state index < -0.39 is 6.23 Å². The van der Waals surface area contributed by atoms with Crippen LogP contribution in [0.15, 0.2) is 54.2 Å². The summed E-state index contributed by atoms with van der Waals surface area (Å²) in [5.41, 5.74) is 1.75. The van der Waals surface area contributed by atoms with E-state index in [9.17, 15) is 4.79 Å². The Kier molecular flexibility index (Phi) is 6.24. The fourth-order valence-corrected chi connectivity index (χ4v) is 3.86. The van der Waals surface area contributed by atoms with Gasteiger partial charge >= 0.3 is 6.03 Å². The average molecular weight is 430 g/mol. The Hall–Kier alpha value is -2.68. The molecule has 29 heavy (non-hydrogen) atoms. The molecular weight excluding hydrogens is 410 g/mol. The molecule has 0 spiro atoms. The summed E-state index contributed by atoms with van der Waals surface area (Å²) in [6.07, 6.45) is 2.56. The van der Waals surface area contributed by atoms with E-state index in [1.165, 1.54) is 11.3 Å². The second-order valence-electron chi connectivity index (χ2n) is 6.45. The lowest BCUT2D eigenvalue weighted by Crippen LogP contribution is -2.51. The number of nitrogens with zero attached hydrogens (tertiary/aromatic N) is 3. The van der Waals surface area contributed by atoms with Crippen LogP contribution in [0.1, 0.15) is 11.2 Å². The minimum atomic E-state index is -0.715. The minimum absolute atomic E-state index is 0.177. The van der Waals surface area contributed by atoms with E-state index >= 15 is 0 Å². The van der Waals surface area contributed by atoms with Crippen LogP contribution in [0.25, 0.3) is 11.3 Å². The largest absolute Gasteiger partial charge is 0.462 e. The second-order valence-corrected chi connectivity index (χ2v) is 7.78. The molecule has 1 saturated heterocycles. The number of carbonyl (C=O) groups is 1. The molecule has 2 aromatic heterocycles. The number of thiazole rings is 1. The smallest absolute Gasteiger partial charge is 0.320 e. The van der Waals surface area contributed by atoms with Crippen LogP contribution in [-0.4, -0.2) is 47.1 Å². The highest BCUT2D eigenvalue weighted by Crippen LogP contribution is 2.28. The highest BCUT2D eigenvalue weighted by atomic mass is 35.5. The van der Waals surface area contributed by atoms with Crippen molar-refractivity contribution in [2.75, 3.05) is 26.2 Å². The summed E-state index contributed by atoms with van der Waals surface area (Å²) < 4.78 is 6.02. The van der Waals surface area contributed by atoms with Crippen molar-refractivity contribution in [1.29, 1.82) is 0 Å². The van der Waals surface area contributed by atoms with Crippen LogP contribution in [0.3, 0.4) is 0 Å². The van der Waals surface area contributed by atoms with Gasteiger partial charge < -0.3 is 15.0 Å². The van der Waals surface area contributed by atoms with Gasteiger partial charge in [-0.2, -0.15) is 0 Å². The molecule has 3 aromatic rings. The number of urea groups is 1. The van der Waals surface area contributed by atoms with Crippen LogP contribution in [-0.2, 0) is 0 Å². The number of hydrogen-bond donors (Lipinski definition) is 2. The number of piperazine rings is 1. The highest BCUT2D eigenvalue weighted by Gasteiger charge is 2.24. The summed E-state index contributed by atoms with van der Waals surface area (Å²) in [6.45, 7) is 2.86. The number of aromatic nitrogens is 2. The minimum Gasteiger partial charge on any atom is -0.462 e. The maximum absolute atomic E-state index is 12.7. The number of hydrogen-bond acceptors (Lipinski definition) is 6. The standard InChI is InChI=1S/C20H20ClN5O2S/c21-15-5-3-14(4-6-15)17-13-29-19(24-17)18(28-16-2-1-7-23-12-16)25-20(27)26-10-8-22-9-11-26/h1-7,12-13,18,22H,8-11H2,(H,25,27). The van der Waals surface area contributed by atoms with E-state index in [-0.39, 0.29) is 6.03 Å². The molecule has 3 heterocycles. The zero-order valence-electron chi connectivity index (χ0n) is 15.5. The quantitative estimate of drug-likeness (QED) is 0.606. The lowest BCUT2D eigenvalue weighted by Gasteiger charge is -2.29. The van der Waals surface area contributed by atoms with Gasteiger partial charge in [0.15, 0.2) is 5.01 Å². The van der Waals surface area contributed by atoms with Gasteiger partial charge in [-0.15, -0.1) is 11.3 Å². The molecule has 1 aliphatic heterocycles. The molecule has 1 aliphatic rings. The number of pyridine rings is 1. The van der Waals surface area contributed by atoms with E-state index in [1.807, 2.05) is 29.6 Å². The first-order valence-electron chi connectivity index (χ1n) is 9.23. The van der Waals surface area contributed by atoms with Crippen LogP contribution in [0, 0.1) is 0 Å². The number of carbonyl (C=O) groups excluding carboxylic acids is 1. The Morgan fingerprint density at radius 2 is 2.03 bits per heavy atom. The van der Waals surface area contributed by atoms with Gasteiger partial charge in [-0.05, 0) is 24.3 Å². The second kappa shape index (κ2) is 9.21. The SMILES string of the molecule is O=C(NC(Oc1cccnc1)c1nc(-c2ccc(Cl)cc2)cs1)N1CCNCC1. The van der Waals surface area contributed by atoms with Crippen LogP contribution in [0.5, 0.6) is 5.75 Å². The van der Waals surface area contributed by atoms with Gasteiger partial charge in [-0.3, -0.25) is 10.3 Å². The number of benzene rings is 1. The Morgan fingerprint density at radius 1 is 1.24 bits per heavy atom. The molecule has 0 saturated carbocycles. The van der Waals surface area contributed by atoms with Crippen LogP contribution in [0.4, 0.5) is 4.79 Å². The van der Waals surface area contributed by atoms with Crippen LogP contribution >= 0.6 is 22.9 Å². The molecule has 1 aromatic carbocycles. The Bertz CT molecular complexity index is 945. The molecule has 7 nitrogen and oxygen atoms in total. The maximum atomic E-state index is 12.7. The zero-order chi connectivity index (χ0) is 20.1. The number of ether oxygens (including phenoxy) is 1. The summed E-state index contributed by atoms with van der Waals surface area (Å²) in [4.78, 5) is 23.3. The van der Waals surface area contributed by atoms with Crippen molar-refractivity contribution in [2.24, 2.45) is 0 Å². The van der Waals surface area contributed by atoms with Gasteiger partial charge in [0.05, 0.1) is 11.9 Å². The van der Waals surface area contributed by atoms with Crippen LogP contribution < -0.4 is 15.4 Å². The van der Waals surface area contributed by atoms with Crippen LogP contribution in [0.2, 0.25) is 5.02 Å². The summed E-state index contributed by atoms with van der Waals surface area (Å²) >= 11 is 7.41. The third-order valence-corrected chi connectivity index (χ3v) is 5.57. The van der Waals surface area contributed by atoms with Gasteiger partial charge in [-0.25, -0.2) is 9.78 Å². The number of amides is 2. The van der Waals surface area contributed by atoms with E-state index in [2.05, 4.69) is 20.6 Å². The van der Waals surface area contributed by atoms with Crippen molar-refractivity contribution >= 4 is 29.0 Å². The zero-order valence-corrected chi connectivity index (χ0v) is 17.1. The van der Waals surface area contributed by atoms with Gasteiger partial charge in [0.25, 0.3) is 0 Å². The summed E-state index contributed by atoms with van der Waals surface area (Å²) in [5.74, 6) is 0.557. The number of nitrogens with one attached hydrogen (secondary N) is 2. The molecule has 0 radical (unpaired) electrons. The van der Waals surface area contributed by atoms with Crippen molar-refractivity contribution in [3.8, 4) is 17.0 Å². The number of halogens is 1. The van der Waals surface area contributed by atoms with Crippen molar-refractivity contribution in [2.45, 2.75) is 6.23 Å². The predicted molar refractivity (Wildman–Crippen MR) is 113 cm³/mol. The van der Waals surface area contributed by atoms with Crippen molar-refractivity contribution in [3.63, 3.8) is 0 Å². The molecule has 2 N–H and O–H groups in total. The first-order valence-corrected chi connectivity index (χ1v) is 10.5. The summed E-state index contributed by atoms with van der Waals surface area (Å²) in [6, 6.07) is 10.9. The molecule has 150 valence electrons. The fraction of sp³-hybridized carbons (Fsp3) is 0.250.